The van der Waals surface area contributed by atoms with Gasteiger partial charge < -0.3 is 10.3 Å². The van der Waals surface area contributed by atoms with Gasteiger partial charge in [0.1, 0.15) is 0 Å². The van der Waals surface area contributed by atoms with Gasteiger partial charge in [-0.2, -0.15) is 0 Å². The van der Waals surface area contributed by atoms with Crippen molar-refractivity contribution in [3.63, 3.8) is 0 Å². The molecule has 110 valence electrons. The van der Waals surface area contributed by atoms with E-state index in [0.29, 0.717) is 6.42 Å². The molecule has 1 aromatic carbocycles. The van der Waals surface area contributed by atoms with Crippen LogP contribution in [-0.2, 0) is 11.2 Å². The summed E-state index contributed by atoms with van der Waals surface area (Å²) in [6.07, 6.45) is 5.68. The van der Waals surface area contributed by atoms with Gasteiger partial charge in [0.2, 0.25) is 0 Å². The topological polar surface area (TPSA) is 69.9 Å². The number of benzene rings is 1. The van der Waals surface area contributed by atoms with Crippen molar-refractivity contribution in [2.75, 3.05) is 0 Å². The van der Waals surface area contributed by atoms with Crippen LogP contribution in [0.4, 0.5) is 0 Å². The Morgan fingerprint density at radius 2 is 1.80 bits per heavy atom. The van der Waals surface area contributed by atoms with Crippen LogP contribution in [0.25, 0.3) is 0 Å². The lowest BCUT2D eigenvalue weighted by Crippen LogP contribution is -2.01. The second kappa shape index (κ2) is 9.13. The Balaban J connectivity index is 2.53. The molecule has 0 aromatic heterocycles. The highest BCUT2D eigenvalue weighted by atomic mass is 16.4. The van der Waals surface area contributed by atoms with Gasteiger partial charge in [-0.05, 0) is 36.8 Å². The summed E-state index contributed by atoms with van der Waals surface area (Å²) < 4.78 is 0. The summed E-state index contributed by atoms with van der Waals surface area (Å²) in [6, 6.07) is 7.83. The van der Waals surface area contributed by atoms with Crippen LogP contribution in [-0.4, -0.2) is 22.0 Å². The van der Waals surface area contributed by atoms with Crippen LogP contribution < -0.4 is 0 Å². The second-order valence-corrected chi connectivity index (χ2v) is 4.95. The molecule has 0 saturated carbocycles. The third-order valence-corrected chi connectivity index (χ3v) is 3.28. The highest BCUT2D eigenvalue weighted by Crippen LogP contribution is 2.12. The Morgan fingerprint density at radius 1 is 1.10 bits per heavy atom. The largest absolute Gasteiger partial charge is 0.481 e. The summed E-state index contributed by atoms with van der Waals surface area (Å²) in [5.74, 6) is -0.757. The van der Waals surface area contributed by atoms with Gasteiger partial charge in [0.05, 0.1) is 5.71 Å². The minimum absolute atomic E-state index is 0.197. The summed E-state index contributed by atoms with van der Waals surface area (Å²) >= 11 is 0. The summed E-state index contributed by atoms with van der Waals surface area (Å²) in [7, 11) is 0. The van der Waals surface area contributed by atoms with Crippen molar-refractivity contribution in [3.05, 3.63) is 35.4 Å². The molecule has 0 radical (unpaired) electrons. The van der Waals surface area contributed by atoms with Crippen LogP contribution in [0.5, 0.6) is 0 Å². The minimum atomic E-state index is -0.757. The van der Waals surface area contributed by atoms with E-state index in [1.807, 2.05) is 24.3 Å². The molecule has 0 heterocycles. The van der Waals surface area contributed by atoms with Gasteiger partial charge in [0, 0.05) is 6.42 Å². The average molecular weight is 277 g/mol. The Hall–Kier alpha value is -1.84. The zero-order valence-corrected chi connectivity index (χ0v) is 12.0. The first-order chi connectivity index (χ1) is 9.67. The lowest BCUT2D eigenvalue weighted by Gasteiger charge is -2.06. The van der Waals surface area contributed by atoms with Gasteiger partial charge >= 0.3 is 5.97 Å². The molecule has 0 atom stereocenters. The van der Waals surface area contributed by atoms with Gasteiger partial charge in [-0.25, -0.2) is 0 Å². The van der Waals surface area contributed by atoms with Crippen molar-refractivity contribution >= 4 is 11.7 Å². The average Bonchev–Trinajstić information content (AvgIpc) is 2.44. The highest BCUT2D eigenvalue weighted by molar-refractivity contribution is 6.00. The third-order valence-electron chi connectivity index (χ3n) is 3.28. The van der Waals surface area contributed by atoms with Gasteiger partial charge in [0.25, 0.3) is 0 Å². The number of carboxylic acids is 1. The second-order valence-electron chi connectivity index (χ2n) is 4.95. The number of rotatable bonds is 9. The molecule has 0 aliphatic carbocycles. The number of aliphatic carboxylic acids is 1. The SMILES string of the molecule is CCCCCC(=NO)c1ccc(CCCC(=O)O)cc1. The molecule has 1 aromatic rings. The third kappa shape index (κ3) is 5.87. The van der Waals surface area contributed by atoms with Crippen LogP contribution in [0.2, 0.25) is 0 Å². The van der Waals surface area contributed by atoms with Gasteiger partial charge in [-0.1, -0.05) is 49.2 Å². The number of carbonyl (C=O) groups is 1. The number of carboxylic acid groups (broad SMARTS) is 1. The molecule has 0 amide bonds. The quantitative estimate of drug-likeness (QED) is 0.312. The molecule has 0 saturated heterocycles. The molecule has 4 heteroatoms. The Labute approximate surface area is 120 Å². The monoisotopic (exact) mass is 277 g/mol. The Bertz CT molecular complexity index is 438. The lowest BCUT2D eigenvalue weighted by atomic mass is 10.0. The maximum atomic E-state index is 10.5. The summed E-state index contributed by atoms with van der Waals surface area (Å²) in [6.45, 7) is 2.14. The lowest BCUT2D eigenvalue weighted by molar-refractivity contribution is -0.137. The van der Waals surface area contributed by atoms with E-state index in [9.17, 15) is 4.79 Å². The molecule has 0 bridgehead atoms. The fourth-order valence-corrected chi connectivity index (χ4v) is 2.10. The van der Waals surface area contributed by atoms with Crippen molar-refractivity contribution < 1.29 is 15.1 Å². The van der Waals surface area contributed by atoms with E-state index in [2.05, 4.69) is 12.1 Å². The molecular formula is C16H23NO3. The smallest absolute Gasteiger partial charge is 0.303 e. The summed E-state index contributed by atoms with van der Waals surface area (Å²) in [5, 5.41) is 21.1. The fraction of sp³-hybridized carbons (Fsp3) is 0.500. The fourth-order valence-electron chi connectivity index (χ4n) is 2.10. The Kier molecular flexibility index (Phi) is 7.40. The predicted octanol–water partition coefficient (Wildman–Crippen LogP) is 3.85. The van der Waals surface area contributed by atoms with Crippen LogP contribution >= 0.6 is 0 Å². The van der Waals surface area contributed by atoms with Gasteiger partial charge in [-0.3, -0.25) is 4.79 Å². The van der Waals surface area contributed by atoms with E-state index < -0.39 is 5.97 Å². The van der Waals surface area contributed by atoms with Gasteiger partial charge in [0.15, 0.2) is 0 Å². The molecular weight excluding hydrogens is 254 g/mol. The van der Waals surface area contributed by atoms with E-state index in [0.717, 1.165) is 48.9 Å². The van der Waals surface area contributed by atoms with E-state index in [1.54, 1.807) is 0 Å². The number of aryl methyl sites for hydroxylation is 1. The molecule has 1 rings (SSSR count). The number of nitrogens with zero attached hydrogens (tertiary/aromatic N) is 1. The molecule has 20 heavy (non-hydrogen) atoms. The first-order valence-corrected chi connectivity index (χ1v) is 7.19. The van der Waals surface area contributed by atoms with Crippen molar-refractivity contribution in [1.82, 2.24) is 0 Å². The van der Waals surface area contributed by atoms with Crippen molar-refractivity contribution in [2.45, 2.75) is 51.9 Å². The molecule has 2 N–H and O–H groups in total. The number of oxime groups is 1. The van der Waals surface area contributed by atoms with Crippen LogP contribution in [0, 0.1) is 0 Å². The predicted molar refractivity (Wildman–Crippen MR) is 79.5 cm³/mol. The number of hydrogen-bond donors (Lipinski definition) is 2. The van der Waals surface area contributed by atoms with Crippen LogP contribution in [0.3, 0.4) is 0 Å². The molecule has 4 nitrogen and oxygen atoms in total. The van der Waals surface area contributed by atoms with E-state index >= 15 is 0 Å². The van der Waals surface area contributed by atoms with Crippen molar-refractivity contribution in [2.24, 2.45) is 5.16 Å². The van der Waals surface area contributed by atoms with Gasteiger partial charge in [-0.15, -0.1) is 0 Å². The Morgan fingerprint density at radius 3 is 2.35 bits per heavy atom. The van der Waals surface area contributed by atoms with E-state index in [-0.39, 0.29) is 6.42 Å². The van der Waals surface area contributed by atoms with Crippen LogP contribution in [0.15, 0.2) is 29.4 Å². The van der Waals surface area contributed by atoms with E-state index in [1.165, 1.54) is 0 Å². The zero-order valence-electron chi connectivity index (χ0n) is 12.0. The molecule has 0 spiro atoms. The first-order valence-electron chi connectivity index (χ1n) is 7.19. The van der Waals surface area contributed by atoms with Crippen molar-refractivity contribution in [1.29, 1.82) is 0 Å². The van der Waals surface area contributed by atoms with Crippen molar-refractivity contribution in [3.8, 4) is 0 Å². The number of hydrogen-bond acceptors (Lipinski definition) is 3. The number of unbranched alkanes of at least 4 members (excludes halogenated alkanes) is 2. The molecule has 0 fully saturated rings. The minimum Gasteiger partial charge on any atom is -0.481 e. The highest BCUT2D eigenvalue weighted by Gasteiger charge is 2.05. The first kappa shape index (κ1) is 16.2. The standard InChI is InChI=1S/C16H23NO3/c1-2-3-4-7-15(17-20)14-11-9-13(10-12-14)6-5-8-16(18)19/h9-12,20H,2-8H2,1H3,(H,18,19). The van der Waals surface area contributed by atoms with E-state index in [4.69, 9.17) is 10.3 Å². The summed E-state index contributed by atoms with van der Waals surface area (Å²) in [4.78, 5) is 10.5. The maximum Gasteiger partial charge on any atom is 0.303 e. The summed E-state index contributed by atoms with van der Waals surface area (Å²) in [5.41, 5.74) is 2.77. The zero-order chi connectivity index (χ0) is 14.8. The normalized spacial score (nSPS) is 11.6. The molecule has 0 aliphatic heterocycles. The molecule has 0 aliphatic rings. The molecule has 0 unspecified atom stereocenters. The van der Waals surface area contributed by atoms with Crippen LogP contribution in [0.1, 0.15) is 56.6 Å². The maximum absolute atomic E-state index is 10.5.